The fraction of sp³-hybridized carbons (Fsp3) is 0.533. The van der Waals surface area contributed by atoms with Crippen LogP contribution in [-0.2, 0) is 0 Å². The van der Waals surface area contributed by atoms with E-state index in [1.54, 1.807) is 0 Å². The van der Waals surface area contributed by atoms with E-state index < -0.39 is 0 Å². The lowest BCUT2D eigenvalue weighted by molar-refractivity contribution is 0.0929. The van der Waals surface area contributed by atoms with Crippen LogP contribution in [0.5, 0.6) is 0 Å². The van der Waals surface area contributed by atoms with Gasteiger partial charge in [-0.15, -0.1) is 0 Å². The number of nitrogens with one attached hydrogen (secondary N) is 1. The number of rotatable bonds is 3. The van der Waals surface area contributed by atoms with Crippen LogP contribution < -0.4 is 5.32 Å². The van der Waals surface area contributed by atoms with Gasteiger partial charge in [0.1, 0.15) is 0 Å². The second kappa shape index (κ2) is 5.35. The van der Waals surface area contributed by atoms with Crippen LogP contribution in [0.1, 0.15) is 47.8 Å². The van der Waals surface area contributed by atoms with Crippen molar-refractivity contribution >= 4 is 5.91 Å². The molecule has 0 fully saturated rings. The van der Waals surface area contributed by atoms with Crippen molar-refractivity contribution in [2.24, 2.45) is 5.92 Å². The van der Waals surface area contributed by atoms with Crippen molar-refractivity contribution < 1.29 is 4.79 Å². The van der Waals surface area contributed by atoms with Crippen molar-refractivity contribution in [3.63, 3.8) is 0 Å². The van der Waals surface area contributed by atoms with Crippen LogP contribution in [0.3, 0.4) is 0 Å². The molecule has 1 aromatic rings. The Kier molecular flexibility index (Phi) is 4.33. The summed E-state index contributed by atoms with van der Waals surface area (Å²) in [6.07, 6.45) is 0. The zero-order valence-corrected chi connectivity index (χ0v) is 11.7. The summed E-state index contributed by atoms with van der Waals surface area (Å²) in [5.74, 6) is 0.492. The average molecular weight is 233 g/mol. The molecule has 2 heteroatoms. The number of benzene rings is 1. The van der Waals surface area contributed by atoms with Crippen LogP contribution in [0.2, 0.25) is 0 Å². The van der Waals surface area contributed by atoms with Gasteiger partial charge in [-0.05, 0) is 44.7 Å². The van der Waals surface area contributed by atoms with Gasteiger partial charge in [-0.1, -0.05) is 31.5 Å². The Labute approximate surface area is 104 Å². The minimum Gasteiger partial charge on any atom is -0.349 e. The molecule has 0 aromatic heterocycles. The highest BCUT2D eigenvalue weighted by atomic mass is 16.1. The predicted molar refractivity (Wildman–Crippen MR) is 72.4 cm³/mol. The predicted octanol–water partition coefficient (Wildman–Crippen LogP) is 3.39. The second-order valence-corrected chi connectivity index (χ2v) is 5.28. The van der Waals surface area contributed by atoms with E-state index in [-0.39, 0.29) is 11.9 Å². The van der Waals surface area contributed by atoms with E-state index in [1.165, 1.54) is 5.56 Å². The van der Waals surface area contributed by atoms with Crippen molar-refractivity contribution in [2.75, 3.05) is 0 Å². The van der Waals surface area contributed by atoms with Gasteiger partial charge in [-0.3, -0.25) is 4.79 Å². The monoisotopic (exact) mass is 233 g/mol. The van der Waals surface area contributed by atoms with Gasteiger partial charge >= 0.3 is 0 Å². The molecule has 1 amide bonds. The van der Waals surface area contributed by atoms with E-state index in [0.717, 1.165) is 16.7 Å². The first-order valence-corrected chi connectivity index (χ1v) is 6.21. The van der Waals surface area contributed by atoms with Gasteiger partial charge in [0.2, 0.25) is 0 Å². The third-order valence-electron chi connectivity index (χ3n) is 3.26. The molecule has 1 N–H and O–H groups in total. The zero-order valence-electron chi connectivity index (χ0n) is 11.7. The molecule has 1 unspecified atom stereocenters. The molecule has 2 nitrogen and oxygen atoms in total. The number of amides is 1. The van der Waals surface area contributed by atoms with Gasteiger partial charge in [-0.2, -0.15) is 0 Å². The summed E-state index contributed by atoms with van der Waals surface area (Å²) in [6, 6.07) is 4.31. The molecule has 17 heavy (non-hydrogen) atoms. The van der Waals surface area contributed by atoms with Gasteiger partial charge in [-0.25, -0.2) is 0 Å². The van der Waals surface area contributed by atoms with Gasteiger partial charge in [0.15, 0.2) is 0 Å². The number of hydrogen-bond acceptors (Lipinski definition) is 1. The standard InChI is InChI=1S/C15H23NO/c1-9(2)13(6)16-15(17)14-11(4)7-10(3)8-12(14)5/h7-9,13H,1-6H3,(H,16,17). The van der Waals surface area contributed by atoms with E-state index in [0.29, 0.717) is 5.92 Å². The molecular formula is C15H23NO. The summed E-state index contributed by atoms with van der Waals surface area (Å²) in [6.45, 7) is 12.3. The first kappa shape index (κ1) is 13.8. The minimum atomic E-state index is 0.0428. The molecule has 0 aliphatic carbocycles. The van der Waals surface area contributed by atoms with Crippen LogP contribution in [-0.4, -0.2) is 11.9 Å². The topological polar surface area (TPSA) is 29.1 Å². The molecule has 0 spiro atoms. The number of carbonyl (C=O) groups excluding carboxylic acids is 1. The van der Waals surface area contributed by atoms with Gasteiger partial charge in [0.25, 0.3) is 5.91 Å². The van der Waals surface area contributed by atoms with Crippen LogP contribution >= 0.6 is 0 Å². The first-order chi connectivity index (χ1) is 7.82. The van der Waals surface area contributed by atoms with Gasteiger partial charge in [0, 0.05) is 11.6 Å². The summed E-state index contributed by atoms with van der Waals surface area (Å²) in [5, 5.41) is 3.06. The molecule has 94 valence electrons. The van der Waals surface area contributed by atoms with E-state index >= 15 is 0 Å². The van der Waals surface area contributed by atoms with E-state index in [9.17, 15) is 4.79 Å². The van der Waals surface area contributed by atoms with Gasteiger partial charge in [0.05, 0.1) is 0 Å². The van der Waals surface area contributed by atoms with Gasteiger partial charge < -0.3 is 5.32 Å². The molecular weight excluding hydrogens is 210 g/mol. The Bertz CT molecular complexity index is 398. The lowest BCUT2D eigenvalue weighted by Gasteiger charge is -2.19. The van der Waals surface area contributed by atoms with Crippen molar-refractivity contribution in [1.82, 2.24) is 5.32 Å². The van der Waals surface area contributed by atoms with E-state index in [1.807, 2.05) is 20.8 Å². The third kappa shape index (κ3) is 3.32. The van der Waals surface area contributed by atoms with E-state index in [2.05, 4.69) is 38.2 Å². The largest absolute Gasteiger partial charge is 0.349 e. The number of aryl methyl sites for hydroxylation is 3. The highest BCUT2D eigenvalue weighted by Gasteiger charge is 2.16. The SMILES string of the molecule is Cc1cc(C)c(C(=O)NC(C)C(C)C)c(C)c1. The maximum atomic E-state index is 12.2. The molecule has 0 aliphatic heterocycles. The Hall–Kier alpha value is -1.31. The van der Waals surface area contributed by atoms with Crippen molar-refractivity contribution in [1.29, 1.82) is 0 Å². The van der Waals surface area contributed by atoms with Crippen molar-refractivity contribution in [3.8, 4) is 0 Å². The van der Waals surface area contributed by atoms with E-state index in [4.69, 9.17) is 0 Å². The molecule has 1 aromatic carbocycles. The molecule has 1 rings (SSSR count). The molecule has 0 saturated carbocycles. The lowest BCUT2D eigenvalue weighted by Crippen LogP contribution is -2.36. The summed E-state index contributed by atoms with van der Waals surface area (Å²) < 4.78 is 0. The first-order valence-electron chi connectivity index (χ1n) is 6.21. The fourth-order valence-electron chi connectivity index (χ4n) is 1.98. The molecule has 0 bridgehead atoms. The van der Waals surface area contributed by atoms with Crippen LogP contribution in [0.15, 0.2) is 12.1 Å². The Balaban J connectivity index is 2.97. The third-order valence-corrected chi connectivity index (χ3v) is 3.26. The lowest BCUT2D eigenvalue weighted by atomic mass is 9.98. The molecule has 1 atom stereocenters. The number of carbonyl (C=O) groups is 1. The molecule has 0 heterocycles. The van der Waals surface area contributed by atoms with Crippen LogP contribution in [0, 0.1) is 26.7 Å². The van der Waals surface area contributed by atoms with Crippen LogP contribution in [0.4, 0.5) is 0 Å². The summed E-state index contributed by atoms with van der Waals surface area (Å²) in [4.78, 5) is 12.2. The summed E-state index contributed by atoms with van der Waals surface area (Å²) >= 11 is 0. The Morgan fingerprint density at radius 2 is 1.53 bits per heavy atom. The average Bonchev–Trinajstić information content (AvgIpc) is 2.15. The molecule has 0 radical (unpaired) electrons. The Morgan fingerprint density at radius 1 is 1.06 bits per heavy atom. The van der Waals surface area contributed by atoms with Crippen molar-refractivity contribution in [3.05, 3.63) is 34.4 Å². The van der Waals surface area contributed by atoms with Crippen molar-refractivity contribution in [2.45, 2.75) is 47.6 Å². The maximum absolute atomic E-state index is 12.2. The highest BCUT2D eigenvalue weighted by Crippen LogP contribution is 2.16. The number of hydrogen-bond donors (Lipinski definition) is 1. The normalized spacial score (nSPS) is 12.6. The highest BCUT2D eigenvalue weighted by molar-refractivity contribution is 5.97. The molecule has 0 saturated heterocycles. The summed E-state index contributed by atoms with van der Waals surface area (Å²) in [5.41, 5.74) is 4.13. The molecule has 0 aliphatic rings. The smallest absolute Gasteiger partial charge is 0.252 e. The second-order valence-electron chi connectivity index (χ2n) is 5.28. The zero-order chi connectivity index (χ0) is 13.2. The quantitative estimate of drug-likeness (QED) is 0.852. The summed E-state index contributed by atoms with van der Waals surface area (Å²) in [7, 11) is 0. The van der Waals surface area contributed by atoms with Crippen LogP contribution in [0.25, 0.3) is 0 Å². The maximum Gasteiger partial charge on any atom is 0.252 e. The minimum absolute atomic E-state index is 0.0428. The fourth-order valence-corrected chi connectivity index (χ4v) is 1.98. The Morgan fingerprint density at radius 3 is 1.94 bits per heavy atom.